The zero-order valence-electron chi connectivity index (χ0n) is 6.57. The van der Waals surface area contributed by atoms with Crippen LogP contribution in [0.3, 0.4) is 0 Å². The van der Waals surface area contributed by atoms with Gasteiger partial charge in [0.2, 0.25) is 3.61 Å². The summed E-state index contributed by atoms with van der Waals surface area (Å²) in [6.45, 7) is 2.42. The second-order valence-electron chi connectivity index (χ2n) is 2.34. The van der Waals surface area contributed by atoms with Gasteiger partial charge in [-0.25, -0.2) is 9.59 Å². The first-order valence-corrected chi connectivity index (χ1v) is 4.18. The Labute approximate surface area is 82.9 Å². The van der Waals surface area contributed by atoms with Crippen molar-refractivity contribution in [2.24, 2.45) is 0 Å². The summed E-state index contributed by atoms with van der Waals surface area (Å²) < 4.78 is 2.70. The van der Waals surface area contributed by atoms with Crippen LogP contribution in [0.4, 0.5) is 0 Å². The minimum absolute atomic E-state index is 0.960. The van der Waals surface area contributed by atoms with Gasteiger partial charge in [0, 0.05) is 0 Å². The Morgan fingerprint density at radius 2 is 2.00 bits per heavy atom. The van der Waals surface area contributed by atoms with Crippen molar-refractivity contribution in [1.29, 1.82) is 0 Å². The topological polar surface area (TPSA) is 83.8 Å². The fourth-order valence-electron chi connectivity index (χ4n) is 0.319. The van der Waals surface area contributed by atoms with E-state index >= 15 is 0 Å². The van der Waals surface area contributed by atoms with Crippen molar-refractivity contribution in [1.82, 2.24) is 0 Å². The number of hydrogen-bond acceptors (Lipinski definition) is 4. The van der Waals surface area contributed by atoms with Crippen molar-refractivity contribution in [3.63, 3.8) is 0 Å². The summed E-state index contributed by atoms with van der Waals surface area (Å²) in [7, 11) is 0. The van der Waals surface area contributed by atoms with Crippen LogP contribution in [0.2, 0.25) is 0 Å². The van der Waals surface area contributed by atoms with Crippen LogP contribution in [0.5, 0.6) is 0 Å². The molecule has 0 radical (unpaired) electrons. The van der Waals surface area contributed by atoms with E-state index in [-0.39, 0.29) is 0 Å². The maximum absolute atomic E-state index is 10.8. The van der Waals surface area contributed by atoms with Crippen molar-refractivity contribution in [2.75, 3.05) is 0 Å². The molecule has 0 spiro atoms. The molecular formula is C6H9IO5. The predicted octanol–water partition coefficient (Wildman–Crippen LogP) is 0.146. The summed E-state index contributed by atoms with van der Waals surface area (Å²) >= 11 is 1.45. The molecular weight excluding hydrogens is 279 g/mol. The average molecular weight is 288 g/mol. The second-order valence-corrected chi connectivity index (χ2v) is 4.44. The first kappa shape index (κ1) is 11.6. The molecule has 70 valence electrons. The van der Waals surface area contributed by atoms with Crippen molar-refractivity contribution in [3.8, 4) is 0 Å². The highest BCUT2D eigenvalue weighted by molar-refractivity contribution is 14.1. The van der Waals surface area contributed by atoms with E-state index in [1.165, 1.54) is 36.4 Å². The number of ether oxygens (including phenoxy) is 1. The number of esters is 1. The van der Waals surface area contributed by atoms with Gasteiger partial charge in [0.05, 0.1) is 0 Å². The molecule has 0 heterocycles. The Balaban J connectivity index is 4.11. The molecule has 0 aromatic carbocycles. The van der Waals surface area contributed by atoms with Gasteiger partial charge in [-0.1, -0.05) is 0 Å². The molecule has 2 unspecified atom stereocenters. The Morgan fingerprint density at radius 3 is 2.25 bits per heavy atom. The molecule has 12 heavy (non-hydrogen) atoms. The van der Waals surface area contributed by atoms with Gasteiger partial charge >= 0.3 is 11.9 Å². The number of carboxylic acid groups (broad SMARTS) is 1. The average Bonchev–Trinajstić information content (AvgIpc) is 1.85. The maximum Gasteiger partial charge on any atom is 0.349 e. The molecule has 0 amide bonds. The van der Waals surface area contributed by atoms with E-state index in [1.54, 1.807) is 0 Å². The minimum Gasteiger partial charge on any atom is -0.479 e. The zero-order valence-corrected chi connectivity index (χ0v) is 8.73. The number of carbonyl (C=O) groups is 2. The van der Waals surface area contributed by atoms with E-state index in [2.05, 4.69) is 4.74 Å². The van der Waals surface area contributed by atoms with Crippen LogP contribution < -0.4 is 0 Å². The van der Waals surface area contributed by atoms with Crippen LogP contribution in [0.25, 0.3) is 0 Å². The number of alkyl halides is 1. The highest BCUT2D eigenvalue weighted by Gasteiger charge is 2.31. The summed E-state index contributed by atoms with van der Waals surface area (Å²) in [4.78, 5) is 21.0. The van der Waals surface area contributed by atoms with Gasteiger partial charge in [0.1, 0.15) is 0 Å². The largest absolute Gasteiger partial charge is 0.479 e. The minimum atomic E-state index is -1.68. The van der Waals surface area contributed by atoms with Gasteiger partial charge in [-0.2, -0.15) is 0 Å². The number of carboxylic acids is 1. The standard InChI is InChI=1S/C6H9IO5/c1-3(4(8)9)12-5(10)6(2,7)11/h3,11H,1-2H3,(H,8,9). The molecule has 2 atom stereocenters. The lowest BCUT2D eigenvalue weighted by Gasteiger charge is -2.15. The van der Waals surface area contributed by atoms with E-state index in [0.29, 0.717) is 0 Å². The lowest BCUT2D eigenvalue weighted by molar-refractivity contribution is -0.169. The zero-order chi connectivity index (χ0) is 9.94. The summed E-state index contributed by atoms with van der Waals surface area (Å²) in [6.07, 6.45) is -1.24. The Morgan fingerprint density at radius 1 is 1.58 bits per heavy atom. The molecule has 0 aliphatic rings. The molecule has 0 saturated carbocycles. The highest BCUT2D eigenvalue weighted by atomic mass is 127. The monoisotopic (exact) mass is 288 g/mol. The molecule has 0 aromatic heterocycles. The molecule has 0 saturated heterocycles. The summed E-state index contributed by atoms with van der Waals surface area (Å²) in [5.74, 6) is -2.21. The van der Waals surface area contributed by atoms with Gasteiger partial charge in [-0.15, -0.1) is 0 Å². The molecule has 2 N–H and O–H groups in total. The molecule has 0 rings (SSSR count). The fraction of sp³-hybridized carbons (Fsp3) is 0.667. The van der Waals surface area contributed by atoms with Crippen LogP contribution in [-0.2, 0) is 14.3 Å². The van der Waals surface area contributed by atoms with Gasteiger partial charge in [-0.05, 0) is 36.4 Å². The number of carbonyl (C=O) groups excluding carboxylic acids is 1. The Hall–Kier alpha value is -0.370. The number of rotatable bonds is 3. The van der Waals surface area contributed by atoms with E-state index in [9.17, 15) is 9.59 Å². The van der Waals surface area contributed by atoms with E-state index in [0.717, 1.165) is 0 Å². The van der Waals surface area contributed by atoms with Crippen LogP contribution >= 0.6 is 22.6 Å². The number of aliphatic hydroxyl groups is 1. The van der Waals surface area contributed by atoms with Crippen LogP contribution in [-0.4, -0.2) is 31.9 Å². The van der Waals surface area contributed by atoms with Gasteiger partial charge < -0.3 is 14.9 Å². The Kier molecular flexibility index (Phi) is 3.91. The third kappa shape index (κ3) is 3.86. The lowest BCUT2D eigenvalue weighted by Crippen LogP contribution is -2.35. The first-order valence-electron chi connectivity index (χ1n) is 3.10. The third-order valence-corrected chi connectivity index (χ3v) is 1.44. The number of halogens is 1. The molecule has 0 bridgehead atoms. The van der Waals surface area contributed by atoms with Crippen LogP contribution in [0.1, 0.15) is 13.8 Å². The van der Waals surface area contributed by atoms with E-state index < -0.39 is 21.7 Å². The summed E-state index contributed by atoms with van der Waals surface area (Å²) in [6, 6.07) is 0. The summed E-state index contributed by atoms with van der Waals surface area (Å²) in [5, 5.41) is 17.4. The van der Waals surface area contributed by atoms with Crippen LogP contribution in [0, 0.1) is 0 Å². The van der Waals surface area contributed by atoms with Crippen molar-refractivity contribution < 1.29 is 24.5 Å². The predicted molar refractivity (Wildman–Crippen MR) is 47.8 cm³/mol. The van der Waals surface area contributed by atoms with Gasteiger partial charge in [0.25, 0.3) is 0 Å². The van der Waals surface area contributed by atoms with Crippen molar-refractivity contribution in [3.05, 3.63) is 0 Å². The molecule has 0 aliphatic carbocycles. The Bertz CT molecular complexity index is 195. The third-order valence-electron chi connectivity index (χ3n) is 1.00. The van der Waals surface area contributed by atoms with Crippen LogP contribution in [0.15, 0.2) is 0 Å². The number of hydrogen-bond donors (Lipinski definition) is 2. The van der Waals surface area contributed by atoms with Gasteiger partial charge in [-0.3, -0.25) is 0 Å². The second kappa shape index (κ2) is 4.04. The smallest absolute Gasteiger partial charge is 0.349 e. The van der Waals surface area contributed by atoms with E-state index in [4.69, 9.17) is 10.2 Å². The normalized spacial score (nSPS) is 17.7. The van der Waals surface area contributed by atoms with Crippen molar-refractivity contribution in [2.45, 2.75) is 23.6 Å². The molecule has 6 heteroatoms. The molecule has 0 aliphatic heterocycles. The fourth-order valence-corrected chi connectivity index (χ4v) is 0.446. The SMILES string of the molecule is CC(OC(=O)C(C)(O)I)C(=O)O. The maximum atomic E-state index is 10.8. The van der Waals surface area contributed by atoms with Gasteiger partial charge in [0.15, 0.2) is 6.10 Å². The van der Waals surface area contributed by atoms with E-state index in [1.807, 2.05) is 0 Å². The van der Waals surface area contributed by atoms with Crippen molar-refractivity contribution >= 4 is 34.5 Å². The first-order chi connectivity index (χ1) is 5.25. The number of aliphatic carboxylic acids is 1. The summed E-state index contributed by atoms with van der Waals surface area (Å²) in [5.41, 5.74) is 0. The highest BCUT2D eigenvalue weighted by Crippen LogP contribution is 2.16. The lowest BCUT2D eigenvalue weighted by atomic mass is 10.4. The molecule has 0 fully saturated rings. The quantitative estimate of drug-likeness (QED) is 0.438. The molecule has 0 aromatic rings. The molecule has 5 nitrogen and oxygen atoms in total.